The molecule has 0 saturated carbocycles. The van der Waals surface area contributed by atoms with Crippen LogP contribution in [0.2, 0.25) is 0 Å². The molecular formula is C21H20N4O2. The Morgan fingerprint density at radius 2 is 1.96 bits per heavy atom. The summed E-state index contributed by atoms with van der Waals surface area (Å²) in [6.45, 7) is 1.28. The van der Waals surface area contributed by atoms with E-state index in [0.717, 1.165) is 35.8 Å². The molecule has 0 aliphatic carbocycles. The molecule has 0 spiro atoms. The van der Waals surface area contributed by atoms with Crippen molar-refractivity contribution in [2.45, 2.75) is 13.0 Å². The fraction of sp³-hybridized carbons (Fsp3) is 0.190. The van der Waals surface area contributed by atoms with Crippen LogP contribution < -0.4 is 15.0 Å². The van der Waals surface area contributed by atoms with E-state index < -0.39 is 0 Å². The molecule has 1 aliphatic heterocycles. The van der Waals surface area contributed by atoms with E-state index in [1.165, 1.54) is 11.9 Å². The Labute approximate surface area is 157 Å². The van der Waals surface area contributed by atoms with Gasteiger partial charge in [0.2, 0.25) is 0 Å². The average molecular weight is 360 g/mol. The van der Waals surface area contributed by atoms with Crippen LogP contribution in [0.5, 0.6) is 5.75 Å². The number of carbonyl (C=O) groups excluding carboxylic acids is 1. The number of methoxy groups -OCH3 is 1. The summed E-state index contributed by atoms with van der Waals surface area (Å²) in [4.78, 5) is 23.1. The third-order valence-corrected chi connectivity index (χ3v) is 4.66. The molecule has 0 radical (unpaired) electrons. The minimum absolute atomic E-state index is 0.220. The number of amides is 1. The molecule has 6 nitrogen and oxygen atoms in total. The van der Waals surface area contributed by atoms with Crippen molar-refractivity contribution in [1.82, 2.24) is 15.3 Å². The van der Waals surface area contributed by atoms with Crippen LogP contribution in [0.25, 0.3) is 0 Å². The first-order chi connectivity index (χ1) is 13.2. The number of anilines is 2. The normalized spacial score (nSPS) is 12.6. The Balaban J connectivity index is 1.46. The quantitative estimate of drug-likeness (QED) is 0.757. The molecule has 27 heavy (non-hydrogen) atoms. The largest absolute Gasteiger partial charge is 0.497 e. The van der Waals surface area contributed by atoms with Gasteiger partial charge in [0.05, 0.1) is 7.11 Å². The number of rotatable bonds is 5. The third-order valence-electron chi connectivity index (χ3n) is 4.66. The van der Waals surface area contributed by atoms with Crippen molar-refractivity contribution in [1.29, 1.82) is 0 Å². The molecule has 0 bridgehead atoms. The van der Waals surface area contributed by atoms with Crippen LogP contribution in [-0.2, 0) is 13.0 Å². The lowest BCUT2D eigenvalue weighted by Crippen LogP contribution is -2.24. The van der Waals surface area contributed by atoms with Crippen LogP contribution in [0.3, 0.4) is 0 Å². The van der Waals surface area contributed by atoms with Gasteiger partial charge in [-0.3, -0.25) is 4.79 Å². The van der Waals surface area contributed by atoms with Crippen molar-refractivity contribution < 1.29 is 9.53 Å². The second-order valence-electron chi connectivity index (χ2n) is 6.32. The number of hydrogen-bond donors (Lipinski definition) is 1. The first kappa shape index (κ1) is 17.0. The van der Waals surface area contributed by atoms with Gasteiger partial charge < -0.3 is 15.0 Å². The minimum Gasteiger partial charge on any atom is -0.497 e. The van der Waals surface area contributed by atoms with Crippen LogP contribution in [0, 0.1) is 0 Å². The van der Waals surface area contributed by atoms with E-state index in [1.54, 1.807) is 13.2 Å². The second-order valence-corrected chi connectivity index (χ2v) is 6.32. The molecule has 1 aromatic heterocycles. The van der Waals surface area contributed by atoms with Crippen molar-refractivity contribution in [3.05, 3.63) is 77.7 Å². The van der Waals surface area contributed by atoms with E-state index in [0.29, 0.717) is 12.2 Å². The van der Waals surface area contributed by atoms with Crippen LogP contribution in [0.1, 0.15) is 21.6 Å². The Kier molecular flexibility index (Phi) is 4.70. The molecule has 3 aromatic rings. The molecule has 1 N–H and O–H groups in total. The molecular weight excluding hydrogens is 340 g/mol. The maximum Gasteiger partial charge on any atom is 0.270 e. The van der Waals surface area contributed by atoms with Gasteiger partial charge in [0.1, 0.15) is 23.6 Å². The number of ether oxygens (including phenoxy) is 1. The number of hydrogen-bond acceptors (Lipinski definition) is 5. The van der Waals surface area contributed by atoms with Gasteiger partial charge in [0.15, 0.2) is 0 Å². The summed E-state index contributed by atoms with van der Waals surface area (Å²) in [5.74, 6) is 1.31. The molecule has 2 aromatic carbocycles. The Hall–Kier alpha value is -3.41. The number of nitrogens with one attached hydrogen (secondary N) is 1. The Bertz CT molecular complexity index is 956. The summed E-state index contributed by atoms with van der Waals surface area (Å²) in [5.41, 5.74) is 3.78. The van der Waals surface area contributed by atoms with Gasteiger partial charge >= 0.3 is 0 Å². The average Bonchev–Trinajstić information content (AvgIpc) is 3.16. The van der Waals surface area contributed by atoms with E-state index >= 15 is 0 Å². The summed E-state index contributed by atoms with van der Waals surface area (Å²) in [7, 11) is 1.63. The van der Waals surface area contributed by atoms with Gasteiger partial charge in [0, 0.05) is 24.8 Å². The smallest absolute Gasteiger partial charge is 0.270 e. The maximum atomic E-state index is 12.5. The summed E-state index contributed by atoms with van der Waals surface area (Å²) in [6.07, 6.45) is 2.41. The molecule has 0 unspecified atom stereocenters. The zero-order chi connectivity index (χ0) is 18.6. The summed E-state index contributed by atoms with van der Waals surface area (Å²) >= 11 is 0. The van der Waals surface area contributed by atoms with Gasteiger partial charge in [-0.1, -0.05) is 30.3 Å². The molecule has 4 rings (SSSR count). The zero-order valence-electron chi connectivity index (χ0n) is 15.1. The number of para-hydroxylation sites is 1. The number of fused-ring (bicyclic) bond motifs is 1. The van der Waals surface area contributed by atoms with Crippen molar-refractivity contribution in [3.8, 4) is 5.75 Å². The SMILES string of the molecule is COc1ccc(CNC(=O)c2cc(N3CCc4ccccc43)ncn2)cc1. The van der Waals surface area contributed by atoms with E-state index in [4.69, 9.17) is 4.74 Å². The van der Waals surface area contributed by atoms with E-state index in [9.17, 15) is 4.79 Å². The Morgan fingerprint density at radius 1 is 1.15 bits per heavy atom. The Morgan fingerprint density at radius 3 is 2.78 bits per heavy atom. The van der Waals surface area contributed by atoms with Crippen LogP contribution in [0.4, 0.5) is 11.5 Å². The molecule has 0 atom stereocenters. The lowest BCUT2D eigenvalue weighted by Gasteiger charge is -2.18. The predicted molar refractivity (Wildman–Crippen MR) is 103 cm³/mol. The fourth-order valence-corrected chi connectivity index (χ4v) is 3.21. The highest BCUT2D eigenvalue weighted by Crippen LogP contribution is 2.32. The topological polar surface area (TPSA) is 67.3 Å². The number of benzene rings is 2. The molecule has 1 amide bonds. The fourth-order valence-electron chi connectivity index (χ4n) is 3.21. The van der Waals surface area contributed by atoms with Gasteiger partial charge in [-0.15, -0.1) is 0 Å². The second kappa shape index (κ2) is 7.45. The third kappa shape index (κ3) is 3.60. The molecule has 0 fully saturated rings. The maximum absolute atomic E-state index is 12.5. The summed E-state index contributed by atoms with van der Waals surface area (Å²) < 4.78 is 5.14. The number of aromatic nitrogens is 2. The van der Waals surface area contributed by atoms with Crippen LogP contribution in [0.15, 0.2) is 60.9 Å². The summed E-state index contributed by atoms with van der Waals surface area (Å²) in [5, 5.41) is 2.90. The highest BCUT2D eigenvalue weighted by molar-refractivity contribution is 5.93. The summed E-state index contributed by atoms with van der Waals surface area (Å²) in [6, 6.07) is 17.6. The highest BCUT2D eigenvalue weighted by atomic mass is 16.5. The van der Waals surface area contributed by atoms with Gasteiger partial charge in [-0.2, -0.15) is 0 Å². The standard InChI is InChI=1S/C21H20N4O2/c1-27-17-8-6-15(7-9-17)13-22-21(26)18-12-20(24-14-23-18)25-11-10-16-4-2-3-5-19(16)25/h2-9,12,14H,10-11,13H2,1H3,(H,22,26). The van der Waals surface area contributed by atoms with Crippen molar-refractivity contribution >= 4 is 17.4 Å². The highest BCUT2D eigenvalue weighted by Gasteiger charge is 2.21. The minimum atomic E-state index is -0.220. The molecule has 0 saturated heterocycles. The van der Waals surface area contributed by atoms with Crippen molar-refractivity contribution in [3.63, 3.8) is 0 Å². The van der Waals surface area contributed by atoms with Crippen molar-refractivity contribution in [2.75, 3.05) is 18.6 Å². The van der Waals surface area contributed by atoms with E-state index in [1.807, 2.05) is 36.4 Å². The molecule has 136 valence electrons. The van der Waals surface area contributed by atoms with Gasteiger partial charge in [-0.05, 0) is 35.7 Å². The number of carbonyl (C=O) groups is 1. The molecule has 6 heteroatoms. The first-order valence-corrected chi connectivity index (χ1v) is 8.83. The van der Waals surface area contributed by atoms with E-state index in [-0.39, 0.29) is 5.91 Å². The van der Waals surface area contributed by atoms with Crippen LogP contribution in [-0.4, -0.2) is 29.5 Å². The van der Waals surface area contributed by atoms with Crippen molar-refractivity contribution in [2.24, 2.45) is 0 Å². The zero-order valence-corrected chi connectivity index (χ0v) is 15.1. The number of nitrogens with zero attached hydrogens (tertiary/aromatic N) is 3. The lowest BCUT2D eigenvalue weighted by atomic mass is 10.2. The molecule has 1 aliphatic rings. The predicted octanol–water partition coefficient (Wildman–Crippen LogP) is 3.11. The van der Waals surface area contributed by atoms with E-state index in [2.05, 4.69) is 32.3 Å². The lowest BCUT2D eigenvalue weighted by molar-refractivity contribution is 0.0946. The van der Waals surface area contributed by atoms with Gasteiger partial charge in [-0.25, -0.2) is 9.97 Å². The molecule has 2 heterocycles. The van der Waals surface area contributed by atoms with Crippen LogP contribution >= 0.6 is 0 Å². The first-order valence-electron chi connectivity index (χ1n) is 8.83. The monoisotopic (exact) mass is 360 g/mol. The van der Waals surface area contributed by atoms with Gasteiger partial charge in [0.25, 0.3) is 5.91 Å².